The Bertz CT molecular complexity index is 783. The van der Waals surface area contributed by atoms with Crippen molar-refractivity contribution in [3.8, 4) is 0 Å². The normalized spacial score (nSPS) is 15.0. The van der Waals surface area contributed by atoms with Crippen molar-refractivity contribution in [3.05, 3.63) is 53.0 Å². The van der Waals surface area contributed by atoms with Gasteiger partial charge in [0.2, 0.25) is 5.91 Å². The summed E-state index contributed by atoms with van der Waals surface area (Å²) in [5.41, 5.74) is 3.25. The molecule has 1 heterocycles. The van der Waals surface area contributed by atoms with Gasteiger partial charge in [-0.2, -0.15) is 0 Å². The van der Waals surface area contributed by atoms with Gasteiger partial charge in [0.25, 0.3) is 0 Å². The van der Waals surface area contributed by atoms with Crippen LogP contribution in [-0.4, -0.2) is 22.9 Å². The first-order valence-electron chi connectivity index (χ1n) is 9.38. The maximum Gasteiger partial charge on any atom is 0.223 e. The van der Waals surface area contributed by atoms with Crippen molar-refractivity contribution in [2.24, 2.45) is 5.92 Å². The molecule has 5 heteroatoms. The van der Waals surface area contributed by atoms with E-state index < -0.39 is 0 Å². The van der Waals surface area contributed by atoms with Crippen LogP contribution in [0.1, 0.15) is 61.3 Å². The van der Waals surface area contributed by atoms with Gasteiger partial charge < -0.3 is 10.6 Å². The Labute approximate surface area is 155 Å². The van der Waals surface area contributed by atoms with Gasteiger partial charge in [-0.3, -0.25) is 4.79 Å². The summed E-state index contributed by atoms with van der Waals surface area (Å²) in [7, 11) is 1.88. The highest BCUT2D eigenvalue weighted by atomic mass is 16.1. The van der Waals surface area contributed by atoms with Gasteiger partial charge in [-0.15, -0.1) is 0 Å². The van der Waals surface area contributed by atoms with Crippen LogP contribution in [0.15, 0.2) is 30.3 Å². The standard InChI is InChI=1S/C21H28N4O/c1-13(2)21(26)24-18(16-7-5-6-14(3)10-16)11-17-12-19(22-4)25-20(23-17)15-8-9-15/h5-7,10,12-13,15,18H,8-9,11H2,1-4H3,(H,24,26)(H,22,23,25). The Morgan fingerprint density at radius 3 is 2.62 bits per heavy atom. The van der Waals surface area contributed by atoms with Crippen LogP contribution in [0.3, 0.4) is 0 Å². The molecule has 0 saturated heterocycles. The van der Waals surface area contributed by atoms with Gasteiger partial charge in [0.1, 0.15) is 11.6 Å². The monoisotopic (exact) mass is 352 g/mol. The minimum Gasteiger partial charge on any atom is -0.373 e. The Morgan fingerprint density at radius 1 is 1.23 bits per heavy atom. The highest BCUT2D eigenvalue weighted by Crippen LogP contribution is 2.38. The molecule has 138 valence electrons. The fourth-order valence-corrected chi connectivity index (χ4v) is 2.96. The van der Waals surface area contributed by atoms with Gasteiger partial charge >= 0.3 is 0 Å². The second-order valence-electron chi connectivity index (χ2n) is 7.46. The third-order valence-electron chi connectivity index (χ3n) is 4.69. The van der Waals surface area contributed by atoms with E-state index in [4.69, 9.17) is 4.98 Å². The fourth-order valence-electron chi connectivity index (χ4n) is 2.96. The van der Waals surface area contributed by atoms with Crippen molar-refractivity contribution < 1.29 is 4.79 Å². The molecular formula is C21H28N4O. The summed E-state index contributed by atoms with van der Waals surface area (Å²) in [4.78, 5) is 21.7. The van der Waals surface area contributed by atoms with Gasteiger partial charge in [-0.1, -0.05) is 43.7 Å². The first-order chi connectivity index (χ1) is 12.5. The summed E-state index contributed by atoms with van der Waals surface area (Å²) < 4.78 is 0. The molecule has 1 aromatic carbocycles. The van der Waals surface area contributed by atoms with Crippen molar-refractivity contribution >= 4 is 11.7 Å². The third kappa shape index (κ3) is 4.59. The van der Waals surface area contributed by atoms with Gasteiger partial charge in [-0.05, 0) is 25.3 Å². The zero-order valence-electron chi connectivity index (χ0n) is 16.0. The van der Waals surface area contributed by atoms with Crippen LogP contribution >= 0.6 is 0 Å². The smallest absolute Gasteiger partial charge is 0.223 e. The van der Waals surface area contributed by atoms with E-state index in [1.807, 2.05) is 33.0 Å². The average Bonchev–Trinajstić information content (AvgIpc) is 3.45. The van der Waals surface area contributed by atoms with Crippen molar-refractivity contribution in [3.63, 3.8) is 0 Å². The topological polar surface area (TPSA) is 66.9 Å². The first-order valence-corrected chi connectivity index (χ1v) is 9.38. The van der Waals surface area contributed by atoms with E-state index >= 15 is 0 Å². The van der Waals surface area contributed by atoms with E-state index in [0.29, 0.717) is 12.3 Å². The van der Waals surface area contributed by atoms with Crippen molar-refractivity contribution in [2.45, 2.75) is 52.0 Å². The lowest BCUT2D eigenvalue weighted by atomic mass is 9.99. The molecule has 1 aliphatic rings. The number of aromatic nitrogens is 2. The van der Waals surface area contributed by atoms with Gasteiger partial charge in [0.05, 0.1) is 6.04 Å². The van der Waals surface area contributed by atoms with Crippen LogP contribution in [-0.2, 0) is 11.2 Å². The van der Waals surface area contributed by atoms with E-state index in [-0.39, 0.29) is 17.9 Å². The maximum atomic E-state index is 12.4. The quantitative estimate of drug-likeness (QED) is 0.796. The number of carbonyl (C=O) groups is 1. The lowest BCUT2D eigenvalue weighted by Crippen LogP contribution is -2.33. The highest BCUT2D eigenvalue weighted by molar-refractivity contribution is 5.78. The molecule has 3 rings (SSSR count). The summed E-state index contributed by atoms with van der Waals surface area (Å²) in [6.45, 7) is 5.90. The molecule has 1 unspecified atom stereocenters. The Balaban J connectivity index is 1.89. The van der Waals surface area contributed by atoms with Gasteiger partial charge in [-0.25, -0.2) is 9.97 Å². The third-order valence-corrected chi connectivity index (χ3v) is 4.69. The average molecular weight is 352 g/mol. The number of anilines is 1. The molecule has 1 amide bonds. The largest absolute Gasteiger partial charge is 0.373 e. The molecule has 1 atom stereocenters. The Hall–Kier alpha value is -2.43. The molecule has 0 bridgehead atoms. The van der Waals surface area contributed by atoms with E-state index in [1.165, 1.54) is 5.56 Å². The lowest BCUT2D eigenvalue weighted by Gasteiger charge is -2.21. The van der Waals surface area contributed by atoms with Crippen LogP contribution in [0, 0.1) is 12.8 Å². The Morgan fingerprint density at radius 2 is 2.00 bits per heavy atom. The highest BCUT2D eigenvalue weighted by Gasteiger charge is 2.28. The van der Waals surface area contributed by atoms with E-state index in [9.17, 15) is 4.79 Å². The predicted octanol–water partition coefficient (Wildman–Crippen LogP) is 3.76. The lowest BCUT2D eigenvalue weighted by molar-refractivity contribution is -0.124. The molecule has 0 aliphatic heterocycles. The second kappa shape index (κ2) is 7.85. The van der Waals surface area contributed by atoms with Gasteiger partial charge in [0.15, 0.2) is 0 Å². The number of hydrogen-bond donors (Lipinski definition) is 2. The number of benzene rings is 1. The van der Waals surface area contributed by atoms with E-state index in [2.05, 4.69) is 40.7 Å². The van der Waals surface area contributed by atoms with Gasteiger partial charge in [0, 0.05) is 37.1 Å². The van der Waals surface area contributed by atoms with Crippen LogP contribution in [0.25, 0.3) is 0 Å². The van der Waals surface area contributed by atoms with Crippen molar-refractivity contribution in [1.29, 1.82) is 0 Å². The molecule has 26 heavy (non-hydrogen) atoms. The van der Waals surface area contributed by atoms with Crippen LogP contribution in [0.4, 0.5) is 5.82 Å². The zero-order chi connectivity index (χ0) is 18.7. The van der Waals surface area contributed by atoms with E-state index in [0.717, 1.165) is 35.7 Å². The first kappa shape index (κ1) is 18.4. The van der Waals surface area contributed by atoms with E-state index in [1.54, 1.807) is 0 Å². The SMILES string of the molecule is CNc1cc(CC(NC(=O)C(C)C)c2cccc(C)c2)nc(C2CC2)n1. The number of aryl methyl sites for hydroxylation is 1. The molecule has 0 spiro atoms. The number of carbonyl (C=O) groups excluding carboxylic acids is 1. The maximum absolute atomic E-state index is 12.4. The summed E-state index contributed by atoms with van der Waals surface area (Å²) in [5, 5.41) is 6.32. The summed E-state index contributed by atoms with van der Waals surface area (Å²) in [6.07, 6.45) is 2.98. The van der Waals surface area contributed by atoms with Crippen LogP contribution in [0.2, 0.25) is 0 Å². The molecule has 1 aromatic heterocycles. The number of hydrogen-bond acceptors (Lipinski definition) is 4. The molecule has 0 radical (unpaired) electrons. The summed E-state index contributed by atoms with van der Waals surface area (Å²) in [5.74, 6) is 2.26. The van der Waals surface area contributed by atoms with Crippen LogP contribution in [0.5, 0.6) is 0 Å². The molecule has 1 saturated carbocycles. The molecule has 2 aromatic rings. The summed E-state index contributed by atoms with van der Waals surface area (Å²) >= 11 is 0. The number of nitrogens with one attached hydrogen (secondary N) is 2. The fraction of sp³-hybridized carbons (Fsp3) is 0.476. The van der Waals surface area contributed by atoms with Crippen molar-refractivity contribution in [2.75, 3.05) is 12.4 Å². The number of nitrogens with zero attached hydrogens (tertiary/aromatic N) is 2. The molecule has 1 fully saturated rings. The van der Waals surface area contributed by atoms with Crippen molar-refractivity contribution in [1.82, 2.24) is 15.3 Å². The summed E-state index contributed by atoms with van der Waals surface area (Å²) in [6, 6.07) is 10.2. The Kier molecular flexibility index (Phi) is 5.55. The predicted molar refractivity (Wildman–Crippen MR) is 104 cm³/mol. The zero-order valence-corrected chi connectivity index (χ0v) is 16.0. The molecular weight excluding hydrogens is 324 g/mol. The minimum atomic E-state index is -0.101. The number of amides is 1. The molecule has 5 nitrogen and oxygen atoms in total. The molecule has 1 aliphatic carbocycles. The minimum absolute atomic E-state index is 0.0531. The molecule has 2 N–H and O–H groups in total. The second-order valence-corrected chi connectivity index (χ2v) is 7.46. The number of rotatable bonds is 7. The van der Waals surface area contributed by atoms with Crippen LogP contribution < -0.4 is 10.6 Å².